The van der Waals surface area contributed by atoms with Gasteiger partial charge in [0.2, 0.25) is 0 Å². The number of rotatable bonds is 13. The molecule has 0 aliphatic carbocycles. The van der Waals surface area contributed by atoms with E-state index in [0.29, 0.717) is 26.2 Å². The fourth-order valence-corrected chi connectivity index (χ4v) is 9.90. The Morgan fingerprint density at radius 1 is 0.621 bits per heavy atom. The molecule has 0 saturated carbocycles. The van der Waals surface area contributed by atoms with Crippen LogP contribution >= 0.6 is 0 Å². The van der Waals surface area contributed by atoms with Gasteiger partial charge in [-0.3, -0.25) is 13.4 Å². The molecule has 0 bridgehead atoms. The lowest BCUT2D eigenvalue weighted by atomic mass is 10.1. The highest BCUT2D eigenvalue weighted by Gasteiger charge is 2.33. The topological polar surface area (TPSA) is 151 Å². The molecule has 0 radical (unpaired) electrons. The molecule has 58 heavy (non-hydrogen) atoms. The molecule has 18 heteroatoms. The van der Waals surface area contributed by atoms with Crippen molar-refractivity contribution in [3.8, 4) is 0 Å². The Balaban J connectivity index is 0.000000221. The van der Waals surface area contributed by atoms with Gasteiger partial charge in [-0.1, -0.05) is 43.2 Å². The van der Waals surface area contributed by atoms with Gasteiger partial charge >= 0.3 is 26.4 Å². The molecule has 0 unspecified atom stereocenters. The molecule has 6 rings (SSSR count). The number of hydrogen-bond acceptors (Lipinski definition) is 8. The summed E-state index contributed by atoms with van der Waals surface area (Å²) in [7, 11) is -6.81. The van der Waals surface area contributed by atoms with Gasteiger partial charge < -0.3 is 10.5 Å². The van der Waals surface area contributed by atoms with E-state index in [1.807, 2.05) is 0 Å². The average Bonchev–Trinajstić information content (AvgIpc) is 3.22. The van der Waals surface area contributed by atoms with Crippen LogP contribution in [-0.2, 0) is 38.2 Å². The van der Waals surface area contributed by atoms with Crippen molar-refractivity contribution in [1.29, 1.82) is 0 Å². The van der Waals surface area contributed by atoms with Crippen LogP contribution in [0.3, 0.4) is 0 Å². The molecule has 2 fully saturated rings. The maximum atomic E-state index is 14.6. The second-order valence-electron chi connectivity index (χ2n) is 13.6. The smallest absolute Gasteiger partial charge is 0.337 e. The van der Waals surface area contributed by atoms with Crippen molar-refractivity contribution in [3.05, 3.63) is 130 Å². The molecule has 4 aromatic rings. The second kappa shape index (κ2) is 19.7. The Bertz CT molecular complexity index is 2150. The Hall–Kier alpha value is -4.88. The molecule has 2 aliphatic rings. The Labute approximate surface area is 336 Å². The van der Waals surface area contributed by atoms with E-state index in [4.69, 9.17) is 5.73 Å². The lowest BCUT2D eigenvalue weighted by Crippen LogP contribution is -2.46. The van der Waals surface area contributed by atoms with Crippen molar-refractivity contribution in [1.82, 2.24) is 8.61 Å². The van der Waals surface area contributed by atoms with Gasteiger partial charge in [-0.25, -0.2) is 22.4 Å². The predicted octanol–water partition coefficient (Wildman–Crippen LogP) is 6.33. The Morgan fingerprint density at radius 2 is 1.03 bits per heavy atom. The van der Waals surface area contributed by atoms with Crippen LogP contribution in [0.4, 0.5) is 28.9 Å². The van der Waals surface area contributed by atoms with Crippen LogP contribution in [0.5, 0.6) is 0 Å². The summed E-state index contributed by atoms with van der Waals surface area (Å²) in [5, 5.41) is 0. The molecule has 2 aliphatic heterocycles. The standard InChI is InChI=1S/C20H23F2N3O3S.C20H22F2N2O4S/c21-17-5-4-6-18(12-17)25(29(27,28)24-9-2-1-3-10-24)14-16-8-7-15(11-19(16)22)20(26)13-23;1-28-20(25)15-8-9-16(19(22)12-15)14-24(18-7-5-6-17(21)13-18)29(26,27)23-10-3-2-4-11-23/h4-8,11-12H,1-3,9-10,13-14,23H2;5-9,12-13H,2-4,10-11,14H2,1H3. The monoisotopic (exact) mass is 847 g/mol. The van der Waals surface area contributed by atoms with E-state index in [9.17, 15) is 44.0 Å². The number of ether oxygens (including phenoxy) is 1. The highest BCUT2D eigenvalue weighted by molar-refractivity contribution is 7.90. The molecular formula is C40H45F4N5O7S2. The van der Waals surface area contributed by atoms with Crippen molar-refractivity contribution in [2.45, 2.75) is 51.6 Å². The molecule has 4 aromatic carbocycles. The Kier molecular flexibility index (Phi) is 15.0. The number of methoxy groups -OCH3 is 1. The van der Waals surface area contributed by atoms with Crippen molar-refractivity contribution >= 4 is 43.5 Å². The third-order valence-electron chi connectivity index (χ3n) is 9.69. The molecule has 2 N–H and O–H groups in total. The van der Waals surface area contributed by atoms with Gasteiger partial charge in [0.15, 0.2) is 5.78 Å². The van der Waals surface area contributed by atoms with Gasteiger partial charge in [0, 0.05) is 42.9 Å². The zero-order chi connectivity index (χ0) is 42.0. The van der Waals surface area contributed by atoms with Crippen molar-refractivity contribution < 1.29 is 48.7 Å². The van der Waals surface area contributed by atoms with Gasteiger partial charge in [0.05, 0.1) is 43.7 Å². The van der Waals surface area contributed by atoms with E-state index in [1.54, 1.807) is 0 Å². The molecule has 0 atom stereocenters. The van der Waals surface area contributed by atoms with Gasteiger partial charge in [0.1, 0.15) is 23.3 Å². The molecule has 312 valence electrons. The lowest BCUT2D eigenvalue weighted by Gasteiger charge is -2.33. The number of piperidine rings is 2. The minimum atomic E-state index is -4.00. The van der Waals surface area contributed by atoms with Crippen molar-refractivity contribution in [2.75, 3.05) is 48.4 Å². The SMILES string of the molecule is COC(=O)c1ccc(CN(c2cccc(F)c2)S(=O)(=O)N2CCCCC2)c(F)c1.NCC(=O)c1ccc(CN(c2cccc(F)c2)S(=O)(=O)N2CCCCC2)c(F)c1. The number of esters is 1. The summed E-state index contributed by atoms with van der Waals surface area (Å²) in [6.45, 7) is 0.523. The fraction of sp³-hybridized carbons (Fsp3) is 0.350. The van der Waals surface area contributed by atoms with E-state index >= 15 is 0 Å². The molecule has 2 saturated heterocycles. The number of halogens is 4. The number of ketones is 1. The van der Waals surface area contributed by atoms with E-state index in [1.165, 1.54) is 76.4 Å². The first kappa shape index (κ1) is 44.2. The van der Waals surface area contributed by atoms with Crippen LogP contribution in [0.25, 0.3) is 0 Å². The first-order valence-electron chi connectivity index (χ1n) is 18.6. The normalized spacial score (nSPS) is 15.2. The van der Waals surface area contributed by atoms with Crippen LogP contribution < -0.4 is 14.3 Å². The van der Waals surface area contributed by atoms with Gasteiger partial charge in [0.25, 0.3) is 0 Å². The summed E-state index contributed by atoms with van der Waals surface area (Å²) in [6, 6.07) is 17.9. The summed E-state index contributed by atoms with van der Waals surface area (Å²) in [4.78, 5) is 23.3. The van der Waals surface area contributed by atoms with E-state index in [0.717, 1.165) is 71.4 Å². The number of nitrogens with two attached hydrogens (primary N) is 1. The summed E-state index contributed by atoms with van der Waals surface area (Å²) >= 11 is 0. The number of carbonyl (C=O) groups excluding carboxylic acids is 2. The van der Waals surface area contributed by atoms with Crippen LogP contribution in [0, 0.1) is 23.3 Å². The molecule has 12 nitrogen and oxygen atoms in total. The maximum absolute atomic E-state index is 14.6. The van der Waals surface area contributed by atoms with E-state index in [-0.39, 0.29) is 53.3 Å². The summed E-state index contributed by atoms with van der Waals surface area (Å²) in [6.07, 6.45) is 4.82. The quantitative estimate of drug-likeness (QED) is 0.0932. The number of nitrogens with zero attached hydrogens (tertiary/aromatic N) is 4. The average molecular weight is 848 g/mol. The number of hydrogen-bond donors (Lipinski definition) is 1. The lowest BCUT2D eigenvalue weighted by molar-refractivity contribution is 0.0600. The number of benzene rings is 4. The zero-order valence-electron chi connectivity index (χ0n) is 31.8. The van der Waals surface area contributed by atoms with Crippen LogP contribution in [0.1, 0.15) is 70.4 Å². The molecule has 0 amide bonds. The minimum Gasteiger partial charge on any atom is -0.465 e. The Morgan fingerprint density at radius 3 is 1.41 bits per heavy atom. The number of anilines is 2. The fourth-order valence-electron chi connectivity index (χ4n) is 6.54. The third kappa shape index (κ3) is 10.8. The van der Waals surface area contributed by atoms with Gasteiger partial charge in [-0.05, 0) is 80.3 Å². The molecular weight excluding hydrogens is 803 g/mol. The second-order valence-corrected chi connectivity index (χ2v) is 17.3. The highest BCUT2D eigenvalue weighted by Crippen LogP contribution is 2.29. The van der Waals surface area contributed by atoms with E-state index < -0.39 is 55.4 Å². The van der Waals surface area contributed by atoms with Crippen molar-refractivity contribution in [3.63, 3.8) is 0 Å². The van der Waals surface area contributed by atoms with Crippen LogP contribution in [0.15, 0.2) is 84.9 Å². The highest BCUT2D eigenvalue weighted by atomic mass is 32.2. The molecule has 0 spiro atoms. The molecule has 0 aromatic heterocycles. The number of Topliss-reactive ketones (excluding diaryl/α,β-unsaturated/α-hetero) is 1. The first-order valence-corrected chi connectivity index (χ1v) is 21.4. The summed E-state index contributed by atoms with van der Waals surface area (Å²) < 4.78 is 119. The zero-order valence-corrected chi connectivity index (χ0v) is 33.5. The molecule has 2 heterocycles. The van der Waals surface area contributed by atoms with Crippen LogP contribution in [0.2, 0.25) is 0 Å². The summed E-state index contributed by atoms with van der Waals surface area (Å²) in [5.41, 5.74) is 5.78. The van der Waals surface area contributed by atoms with Crippen LogP contribution in [-0.4, -0.2) is 77.0 Å². The van der Waals surface area contributed by atoms with Gasteiger partial charge in [-0.15, -0.1) is 0 Å². The maximum Gasteiger partial charge on any atom is 0.337 e. The van der Waals surface area contributed by atoms with Crippen molar-refractivity contribution in [2.24, 2.45) is 5.73 Å². The summed E-state index contributed by atoms with van der Waals surface area (Å²) in [5.74, 6) is -3.77. The first-order chi connectivity index (χ1) is 27.6. The van der Waals surface area contributed by atoms with Gasteiger partial charge in [-0.2, -0.15) is 25.4 Å². The third-order valence-corrected chi connectivity index (χ3v) is 13.5. The predicted molar refractivity (Wildman–Crippen MR) is 211 cm³/mol. The largest absolute Gasteiger partial charge is 0.465 e. The minimum absolute atomic E-state index is 0.0185. The van der Waals surface area contributed by atoms with E-state index in [2.05, 4.69) is 4.74 Å². The number of carbonyl (C=O) groups is 2.